The summed E-state index contributed by atoms with van der Waals surface area (Å²) in [4.78, 5) is 16.1. The van der Waals surface area contributed by atoms with Gasteiger partial charge in [-0.05, 0) is 26.1 Å². The first-order chi connectivity index (χ1) is 8.70. The number of carboxylic acids is 1. The molecule has 1 unspecified atom stereocenters. The maximum Gasteiger partial charge on any atom is 0.403 e. The van der Waals surface area contributed by atoms with Crippen LogP contribution in [0.25, 0.3) is 0 Å². The molecular weight excluding hydrogens is 261 g/mol. The standard InChI is InChI=1S/C12H15F3N2O2/c1-8-4-3-5-9(16-8)6-17(2)7-10(11(18)19)12(13,14)15/h3-5,10H,6-7H2,1-2H3,(H,18,19). The van der Waals surface area contributed by atoms with Crippen LogP contribution in [-0.2, 0) is 11.3 Å². The van der Waals surface area contributed by atoms with Gasteiger partial charge in [-0.2, -0.15) is 13.2 Å². The Hall–Kier alpha value is -1.63. The molecule has 0 saturated heterocycles. The van der Waals surface area contributed by atoms with E-state index in [1.54, 1.807) is 25.1 Å². The van der Waals surface area contributed by atoms with Gasteiger partial charge in [0.05, 0.1) is 5.69 Å². The summed E-state index contributed by atoms with van der Waals surface area (Å²) in [6.07, 6.45) is -4.75. The van der Waals surface area contributed by atoms with Crippen molar-refractivity contribution in [3.8, 4) is 0 Å². The first kappa shape index (κ1) is 15.4. The second-order valence-electron chi connectivity index (χ2n) is 4.40. The molecule has 0 aromatic carbocycles. The minimum atomic E-state index is -4.75. The minimum Gasteiger partial charge on any atom is -0.481 e. The van der Waals surface area contributed by atoms with E-state index in [4.69, 9.17) is 5.11 Å². The van der Waals surface area contributed by atoms with Gasteiger partial charge in [0.2, 0.25) is 0 Å². The number of aromatic nitrogens is 1. The molecule has 0 fully saturated rings. The largest absolute Gasteiger partial charge is 0.481 e. The predicted octanol–water partition coefficient (Wildman–Crippen LogP) is 2.08. The van der Waals surface area contributed by atoms with Gasteiger partial charge >= 0.3 is 12.1 Å². The zero-order valence-corrected chi connectivity index (χ0v) is 10.6. The Bertz CT molecular complexity index is 449. The van der Waals surface area contributed by atoms with Gasteiger partial charge in [-0.3, -0.25) is 14.7 Å². The number of aryl methyl sites for hydroxylation is 1. The van der Waals surface area contributed by atoms with Crippen LogP contribution in [0.15, 0.2) is 18.2 Å². The van der Waals surface area contributed by atoms with Crippen LogP contribution in [0.4, 0.5) is 13.2 Å². The van der Waals surface area contributed by atoms with E-state index in [0.29, 0.717) is 5.69 Å². The van der Waals surface area contributed by atoms with E-state index >= 15 is 0 Å². The van der Waals surface area contributed by atoms with Gasteiger partial charge in [-0.15, -0.1) is 0 Å². The van der Waals surface area contributed by atoms with Crippen molar-refractivity contribution in [1.82, 2.24) is 9.88 Å². The van der Waals surface area contributed by atoms with E-state index in [1.165, 1.54) is 11.9 Å². The van der Waals surface area contributed by atoms with E-state index in [9.17, 15) is 18.0 Å². The van der Waals surface area contributed by atoms with E-state index in [0.717, 1.165) is 5.69 Å². The lowest BCUT2D eigenvalue weighted by Crippen LogP contribution is -2.39. The van der Waals surface area contributed by atoms with Crippen LogP contribution >= 0.6 is 0 Å². The fourth-order valence-corrected chi connectivity index (χ4v) is 1.66. The summed E-state index contributed by atoms with van der Waals surface area (Å²) in [5.41, 5.74) is 1.37. The molecule has 1 rings (SSSR count). The molecule has 1 atom stereocenters. The molecule has 0 aliphatic carbocycles. The van der Waals surface area contributed by atoms with E-state index in [1.807, 2.05) is 0 Å². The second-order valence-corrected chi connectivity index (χ2v) is 4.40. The number of rotatable bonds is 5. The molecule has 0 amide bonds. The normalized spacial score (nSPS) is 13.6. The quantitative estimate of drug-likeness (QED) is 0.894. The fraction of sp³-hybridized carbons (Fsp3) is 0.500. The molecule has 0 aliphatic heterocycles. The molecule has 1 N–H and O–H groups in total. The van der Waals surface area contributed by atoms with Gasteiger partial charge in [0.1, 0.15) is 0 Å². The van der Waals surface area contributed by atoms with Crippen LogP contribution in [0.5, 0.6) is 0 Å². The lowest BCUT2D eigenvalue weighted by atomic mass is 10.1. The Morgan fingerprint density at radius 2 is 2.11 bits per heavy atom. The Morgan fingerprint density at radius 3 is 2.58 bits per heavy atom. The van der Waals surface area contributed by atoms with Gasteiger partial charge in [-0.1, -0.05) is 6.07 Å². The first-order valence-corrected chi connectivity index (χ1v) is 5.60. The van der Waals surface area contributed by atoms with Crippen LogP contribution in [0.1, 0.15) is 11.4 Å². The third kappa shape index (κ3) is 4.86. The van der Waals surface area contributed by atoms with E-state index in [2.05, 4.69) is 4.98 Å². The highest BCUT2D eigenvalue weighted by Gasteiger charge is 2.45. The molecule has 0 bridgehead atoms. The van der Waals surface area contributed by atoms with Crippen molar-refractivity contribution in [3.63, 3.8) is 0 Å². The zero-order valence-electron chi connectivity index (χ0n) is 10.6. The van der Waals surface area contributed by atoms with Crippen LogP contribution in [-0.4, -0.2) is 40.7 Å². The summed E-state index contributed by atoms with van der Waals surface area (Å²) in [6, 6.07) is 5.22. The van der Waals surface area contributed by atoms with Crippen molar-refractivity contribution in [1.29, 1.82) is 0 Å². The Kier molecular flexibility index (Phi) is 4.88. The maximum absolute atomic E-state index is 12.5. The average Bonchev–Trinajstić information content (AvgIpc) is 2.24. The number of carbonyl (C=O) groups is 1. The number of hydrogen-bond donors (Lipinski definition) is 1. The predicted molar refractivity (Wildman–Crippen MR) is 62.5 cm³/mol. The Balaban J connectivity index is 2.68. The van der Waals surface area contributed by atoms with E-state index in [-0.39, 0.29) is 6.54 Å². The third-order valence-electron chi connectivity index (χ3n) is 2.57. The van der Waals surface area contributed by atoms with Crippen LogP contribution in [0.2, 0.25) is 0 Å². The number of nitrogens with zero attached hydrogens (tertiary/aromatic N) is 2. The lowest BCUT2D eigenvalue weighted by Gasteiger charge is -2.22. The number of hydrogen-bond acceptors (Lipinski definition) is 3. The molecule has 0 spiro atoms. The van der Waals surface area contributed by atoms with Crippen LogP contribution < -0.4 is 0 Å². The number of carboxylic acid groups (broad SMARTS) is 1. The summed E-state index contributed by atoms with van der Waals surface area (Å²) in [6.45, 7) is 1.34. The van der Waals surface area contributed by atoms with Crippen molar-refractivity contribution in [3.05, 3.63) is 29.6 Å². The van der Waals surface area contributed by atoms with Crippen molar-refractivity contribution in [2.75, 3.05) is 13.6 Å². The molecule has 0 aliphatic rings. The van der Waals surface area contributed by atoms with Gasteiger partial charge < -0.3 is 5.11 Å². The van der Waals surface area contributed by atoms with E-state index < -0.39 is 24.6 Å². The smallest absolute Gasteiger partial charge is 0.403 e. The van der Waals surface area contributed by atoms with Gasteiger partial charge in [0.15, 0.2) is 5.92 Å². The summed E-state index contributed by atoms with van der Waals surface area (Å²) < 4.78 is 37.5. The minimum absolute atomic E-state index is 0.168. The summed E-state index contributed by atoms with van der Waals surface area (Å²) in [5, 5.41) is 8.61. The Morgan fingerprint density at radius 1 is 1.47 bits per heavy atom. The molecule has 1 aromatic heterocycles. The summed E-state index contributed by atoms with van der Waals surface area (Å²) in [5.74, 6) is -4.25. The second kappa shape index (κ2) is 6.01. The number of alkyl halides is 3. The number of halogens is 3. The molecule has 1 aromatic rings. The summed E-state index contributed by atoms with van der Waals surface area (Å²) in [7, 11) is 1.44. The molecule has 7 heteroatoms. The maximum atomic E-state index is 12.5. The van der Waals surface area contributed by atoms with Crippen molar-refractivity contribution in [2.24, 2.45) is 5.92 Å². The molecule has 106 valence electrons. The number of pyridine rings is 1. The highest BCUT2D eigenvalue weighted by Crippen LogP contribution is 2.27. The average molecular weight is 276 g/mol. The van der Waals surface area contributed by atoms with Crippen molar-refractivity contribution in [2.45, 2.75) is 19.6 Å². The third-order valence-corrected chi connectivity index (χ3v) is 2.57. The van der Waals surface area contributed by atoms with Crippen LogP contribution in [0, 0.1) is 12.8 Å². The zero-order chi connectivity index (χ0) is 14.6. The van der Waals surface area contributed by atoms with Crippen LogP contribution in [0.3, 0.4) is 0 Å². The topological polar surface area (TPSA) is 53.4 Å². The highest BCUT2D eigenvalue weighted by molar-refractivity contribution is 5.71. The molecular formula is C12H15F3N2O2. The highest BCUT2D eigenvalue weighted by atomic mass is 19.4. The Labute approximate surface area is 108 Å². The van der Waals surface area contributed by atoms with Crippen molar-refractivity contribution >= 4 is 5.97 Å². The van der Waals surface area contributed by atoms with Gasteiger partial charge in [0, 0.05) is 18.8 Å². The van der Waals surface area contributed by atoms with Gasteiger partial charge in [0.25, 0.3) is 0 Å². The van der Waals surface area contributed by atoms with Gasteiger partial charge in [-0.25, -0.2) is 0 Å². The molecule has 0 saturated carbocycles. The lowest BCUT2D eigenvalue weighted by molar-refractivity contribution is -0.196. The monoisotopic (exact) mass is 276 g/mol. The molecule has 4 nitrogen and oxygen atoms in total. The SMILES string of the molecule is Cc1cccc(CN(C)CC(C(=O)O)C(F)(F)F)n1. The fourth-order valence-electron chi connectivity index (χ4n) is 1.66. The van der Waals surface area contributed by atoms with Crippen molar-refractivity contribution < 1.29 is 23.1 Å². The summed E-state index contributed by atoms with van der Waals surface area (Å²) >= 11 is 0. The molecule has 1 heterocycles. The molecule has 19 heavy (non-hydrogen) atoms. The first-order valence-electron chi connectivity index (χ1n) is 5.60. The molecule has 0 radical (unpaired) electrons. The number of aliphatic carboxylic acids is 1.